The average molecular weight is 484 g/mol. The number of nitrogens with zero attached hydrogens (tertiary/aromatic N) is 5. The summed E-state index contributed by atoms with van der Waals surface area (Å²) in [7, 11) is 1.99. The van der Waals surface area contributed by atoms with Gasteiger partial charge in [-0.25, -0.2) is 4.98 Å². The first-order chi connectivity index (χ1) is 17.2. The molecule has 190 valence electrons. The molecule has 0 radical (unpaired) electrons. The lowest BCUT2D eigenvalue weighted by atomic mass is 9.91. The lowest BCUT2D eigenvalue weighted by Crippen LogP contribution is -2.46. The van der Waals surface area contributed by atoms with Gasteiger partial charge in [0.05, 0.1) is 30.5 Å². The first-order valence-corrected chi connectivity index (χ1v) is 12.8. The average Bonchev–Trinajstić information content (AvgIpc) is 3.28. The molecule has 0 spiro atoms. The van der Waals surface area contributed by atoms with E-state index in [-0.39, 0.29) is 12.1 Å². The molecule has 2 saturated heterocycles. The third kappa shape index (κ3) is 5.94. The van der Waals surface area contributed by atoms with Crippen molar-refractivity contribution in [2.24, 2.45) is 17.8 Å². The van der Waals surface area contributed by atoms with Crippen molar-refractivity contribution in [3.8, 4) is 5.88 Å². The van der Waals surface area contributed by atoms with Crippen molar-refractivity contribution < 1.29 is 14.2 Å². The van der Waals surface area contributed by atoms with Crippen LogP contribution in [0.4, 0.5) is 5.95 Å². The number of hydrogen-bond donors (Lipinski definition) is 2. The van der Waals surface area contributed by atoms with E-state index >= 15 is 0 Å². The highest BCUT2D eigenvalue weighted by molar-refractivity contribution is 5.85. The van der Waals surface area contributed by atoms with E-state index in [2.05, 4.69) is 20.2 Å². The standard InChI is InChI=1S/C25H37N7O3/c1-31-9-6-22-23(31)24(35-21-4-2-20(3-5-21)32-10-14-34-15-11-32)30-25(29-22)28-19(16-26)17-27-18-7-12-33-13-8-18/h6,9,16-18,20-21H,2-5,7-8,10-15,26H2,1H3,(H,28,29,30). The van der Waals surface area contributed by atoms with Crippen LogP contribution in [0.15, 0.2) is 29.2 Å². The van der Waals surface area contributed by atoms with E-state index in [1.807, 2.05) is 23.9 Å². The summed E-state index contributed by atoms with van der Waals surface area (Å²) in [6, 6.07) is 2.86. The van der Waals surface area contributed by atoms with Gasteiger partial charge in [0.1, 0.15) is 11.6 Å². The maximum atomic E-state index is 6.50. The van der Waals surface area contributed by atoms with Gasteiger partial charge in [-0.05, 0) is 44.6 Å². The lowest BCUT2D eigenvalue weighted by molar-refractivity contribution is -0.00127. The van der Waals surface area contributed by atoms with Gasteiger partial charge in [0.25, 0.3) is 0 Å². The minimum absolute atomic E-state index is 0.146. The molecular weight excluding hydrogens is 446 g/mol. The smallest absolute Gasteiger partial charge is 0.243 e. The monoisotopic (exact) mass is 483 g/mol. The second-order valence-corrected chi connectivity index (χ2v) is 9.58. The highest BCUT2D eigenvalue weighted by atomic mass is 16.5. The van der Waals surface area contributed by atoms with Crippen molar-refractivity contribution in [2.75, 3.05) is 44.8 Å². The summed E-state index contributed by atoms with van der Waals surface area (Å²) in [4.78, 5) is 16.7. The van der Waals surface area contributed by atoms with Crippen molar-refractivity contribution in [1.82, 2.24) is 19.4 Å². The predicted molar refractivity (Wildman–Crippen MR) is 136 cm³/mol. The number of rotatable bonds is 7. The Morgan fingerprint density at radius 3 is 2.57 bits per heavy atom. The van der Waals surface area contributed by atoms with Crippen LogP contribution in [0.3, 0.4) is 0 Å². The molecule has 0 atom stereocenters. The van der Waals surface area contributed by atoms with Crippen LogP contribution in [0.5, 0.6) is 5.88 Å². The Hall–Kier alpha value is -2.69. The number of allylic oxidation sites excluding steroid dienone is 1. The number of ether oxygens (including phenoxy) is 3. The number of nitrogens with two attached hydrogens (primary N) is 1. The Labute approximate surface area is 206 Å². The fraction of sp³-hybridized carbons (Fsp3) is 0.640. The van der Waals surface area contributed by atoms with Gasteiger partial charge in [-0.3, -0.25) is 9.89 Å². The van der Waals surface area contributed by atoms with Gasteiger partial charge in [0, 0.05) is 58.0 Å². The van der Waals surface area contributed by atoms with Crippen LogP contribution in [-0.4, -0.2) is 83.4 Å². The fourth-order valence-electron chi connectivity index (χ4n) is 5.19. The summed E-state index contributed by atoms with van der Waals surface area (Å²) < 4.78 is 19.4. The molecule has 2 aromatic heterocycles. The molecule has 2 aliphatic heterocycles. The first kappa shape index (κ1) is 24.0. The Kier molecular flexibility index (Phi) is 7.80. The summed E-state index contributed by atoms with van der Waals surface area (Å²) >= 11 is 0. The third-order valence-corrected chi connectivity index (χ3v) is 7.22. The number of aromatic nitrogens is 3. The zero-order valence-electron chi connectivity index (χ0n) is 20.6. The zero-order chi connectivity index (χ0) is 24.0. The maximum Gasteiger partial charge on any atom is 0.243 e. The fourth-order valence-corrected chi connectivity index (χ4v) is 5.19. The minimum atomic E-state index is 0.146. The number of anilines is 1. The summed E-state index contributed by atoms with van der Waals surface area (Å²) in [5.41, 5.74) is 8.26. The van der Waals surface area contributed by atoms with Gasteiger partial charge >= 0.3 is 0 Å². The molecule has 10 nitrogen and oxygen atoms in total. The van der Waals surface area contributed by atoms with E-state index < -0.39 is 0 Å². The highest BCUT2D eigenvalue weighted by Crippen LogP contribution is 2.31. The van der Waals surface area contributed by atoms with Gasteiger partial charge in [-0.1, -0.05) is 0 Å². The number of morpholine rings is 1. The van der Waals surface area contributed by atoms with Crippen LogP contribution in [0, 0.1) is 0 Å². The zero-order valence-corrected chi connectivity index (χ0v) is 20.6. The van der Waals surface area contributed by atoms with E-state index in [4.69, 9.17) is 24.9 Å². The van der Waals surface area contributed by atoms with Gasteiger partial charge in [-0.2, -0.15) is 4.98 Å². The van der Waals surface area contributed by atoms with Crippen molar-refractivity contribution in [2.45, 2.75) is 56.7 Å². The van der Waals surface area contributed by atoms with E-state index in [0.29, 0.717) is 23.6 Å². The molecule has 35 heavy (non-hydrogen) atoms. The summed E-state index contributed by atoms with van der Waals surface area (Å²) in [6.07, 6.45) is 11.6. The van der Waals surface area contributed by atoms with Crippen molar-refractivity contribution in [3.05, 3.63) is 24.2 Å². The Morgan fingerprint density at radius 1 is 1.09 bits per heavy atom. The van der Waals surface area contributed by atoms with Crippen LogP contribution < -0.4 is 15.8 Å². The van der Waals surface area contributed by atoms with Crippen molar-refractivity contribution >= 4 is 23.2 Å². The normalized spacial score (nSPS) is 25.3. The van der Waals surface area contributed by atoms with Gasteiger partial charge in [0.15, 0.2) is 0 Å². The molecule has 2 aromatic rings. The Balaban J connectivity index is 1.26. The summed E-state index contributed by atoms with van der Waals surface area (Å²) in [6.45, 7) is 5.26. The molecule has 1 saturated carbocycles. The van der Waals surface area contributed by atoms with Gasteiger partial charge in [0.2, 0.25) is 11.8 Å². The van der Waals surface area contributed by atoms with E-state index in [9.17, 15) is 0 Å². The van der Waals surface area contributed by atoms with Crippen LogP contribution in [-0.2, 0) is 16.5 Å². The van der Waals surface area contributed by atoms with E-state index in [0.717, 1.165) is 89.1 Å². The maximum absolute atomic E-state index is 6.50. The minimum Gasteiger partial charge on any atom is -0.473 e. The Bertz CT molecular complexity index is 1030. The summed E-state index contributed by atoms with van der Waals surface area (Å²) in [5.74, 6) is 1.06. The topological polar surface area (TPSA) is 112 Å². The van der Waals surface area contributed by atoms with E-state index in [1.54, 1.807) is 6.21 Å². The van der Waals surface area contributed by atoms with Crippen LogP contribution in [0.25, 0.3) is 11.0 Å². The largest absolute Gasteiger partial charge is 0.473 e. The van der Waals surface area contributed by atoms with E-state index in [1.165, 1.54) is 6.20 Å². The second kappa shape index (κ2) is 11.4. The molecule has 0 amide bonds. The summed E-state index contributed by atoms with van der Waals surface area (Å²) in [5, 5.41) is 3.22. The predicted octanol–water partition coefficient (Wildman–Crippen LogP) is 2.45. The molecular formula is C25H37N7O3. The number of nitrogens with one attached hydrogen (secondary N) is 1. The SMILES string of the molecule is Cn1ccc2nc(NC(C=NC3CCOCC3)=CN)nc(OC3CCC(N4CCOCC4)CC3)c21. The molecule has 3 fully saturated rings. The molecule has 1 aliphatic carbocycles. The number of fused-ring (bicyclic) bond motifs is 1. The van der Waals surface area contributed by atoms with Gasteiger partial charge in [-0.15, -0.1) is 0 Å². The highest BCUT2D eigenvalue weighted by Gasteiger charge is 2.28. The molecule has 10 heteroatoms. The molecule has 4 heterocycles. The molecule has 3 N–H and O–H groups in total. The van der Waals surface area contributed by atoms with Crippen molar-refractivity contribution in [3.63, 3.8) is 0 Å². The molecule has 5 rings (SSSR count). The number of hydrogen-bond acceptors (Lipinski definition) is 9. The Morgan fingerprint density at radius 2 is 1.83 bits per heavy atom. The molecule has 3 aliphatic rings. The number of aliphatic imine (C=N–C) groups is 1. The van der Waals surface area contributed by atoms with Crippen molar-refractivity contribution in [1.29, 1.82) is 0 Å². The molecule has 0 bridgehead atoms. The number of aryl methyl sites for hydroxylation is 1. The quantitative estimate of drug-likeness (QED) is 0.578. The second-order valence-electron chi connectivity index (χ2n) is 9.58. The van der Waals surface area contributed by atoms with Crippen LogP contribution >= 0.6 is 0 Å². The lowest BCUT2D eigenvalue weighted by Gasteiger charge is -2.38. The van der Waals surface area contributed by atoms with Crippen LogP contribution in [0.1, 0.15) is 38.5 Å². The molecule has 0 unspecified atom stereocenters. The first-order valence-electron chi connectivity index (χ1n) is 12.8. The third-order valence-electron chi connectivity index (χ3n) is 7.22. The molecule has 0 aromatic carbocycles. The van der Waals surface area contributed by atoms with Crippen LogP contribution in [0.2, 0.25) is 0 Å². The van der Waals surface area contributed by atoms with Gasteiger partial charge < -0.3 is 29.8 Å².